The van der Waals surface area contributed by atoms with E-state index in [0.29, 0.717) is 0 Å². The molecule has 0 aliphatic carbocycles. The fourth-order valence-corrected chi connectivity index (χ4v) is 3.56. The number of nitrogens with zero attached hydrogens (tertiary/aromatic N) is 4. The van der Waals surface area contributed by atoms with Crippen molar-refractivity contribution in [2.75, 3.05) is 4.31 Å². The van der Waals surface area contributed by atoms with Crippen molar-refractivity contribution in [3.63, 3.8) is 0 Å². The van der Waals surface area contributed by atoms with Crippen LogP contribution in [0.15, 0.2) is 71.9 Å². The molecule has 0 atom stereocenters. The summed E-state index contributed by atoms with van der Waals surface area (Å²) >= 11 is 0. The number of anilines is 1. The second-order valence-electron chi connectivity index (χ2n) is 4.84. The van der Waals surface area contributed by atoms with Gasteiger partial charge in [-0.15, -0.1) is 13.2 Å². The largest absolute Gasteiger partial charge is 0.500 e. The molecular weight excluding hydrogens is 357 g/mol. The van der Waals surface area contributed by atoms with Crippen molar-refractivity contribution in [3.8, 4) is 5.82 Å². The van der Waals surface area contributed by atoms with Gasteiger partial charge in [0.2, 0.25) is 0 Å². The van der Waals surface area contributed by atoms with Gasteiger partial charge in [-0.05, 0) is 24.3 Å². The summed E-state index contributed by atoms with van der Waals surface area (Å²) in [5, 5.41) is 3.78. The average molecular weight is 368 g/mol. The molecule has 6 nitrogen and oxygen atoms in total. The molecule has 0 amide bonds. The Morgan fingerprint density at radius 3 is 2.20 bits per heavy atom. The minimum Gasteiger partial charge on any atom is -0.237 e. The minimum absolute atomic E-state index is 0.0556. The summed E-state index contributed by atoms with van der Waals surface area (Å²) in [6, 6.07) is 11.9. The molecule has 0 fully saturated rings. The lowest BCUT2D eigenvalue weighted by Crippen LogP contribution is -2.44. The molecule has 2 aromatic heterocycles. The van der Waals surface area contributed by atoms with Gasteiger partial charge in [-0.2, -0.15) is 14.1 Å². The first-order chi connectivity index (χ1) is 11.8. The monoisotopic (exact) mass is 368 g/mol. The van der Waals surface area contributed by atoms with E-state index in [0.717, 1.165) is 29.1 Å². The average Bonchev–Trinajstić information content (AvgIpc) is 3.04. The molecule has 0 bridgehead atoms. The molecule has 10 heteroatoms. The number of pyridine rings is 1. The highest BCUT2D eigenvalue weighted by atomic mass is 32.2. The zero-order valence-electron chi connectivity index (χ0n) is 12.5. The summed E-state index contributed by atoms with van der Waals surface area (Å²) in [6.07, 6.45) is -2.76. The first-order valence-electron chi connectivity index (χ1n) is 6.94. The van der Waals surface area contributed by atoms with E-state index >= 15 is 0 Å². The van der Waals surface area contributed by atoms with Crippen LogP contribution in [0.2, 0.25) is 0 Å². The SMILES string of the molecule is O=S(=O)(c1ccccc1)N(c1ccnn1-c1ccccn1)C(F)(F)F. The van der Waals surface area contributed by atoms with Crippen LogP contribution in [0.1, 0.15) is 0 Å². The van der Waals surface area contributed by atoms with E-state index in [1.54, 1.807) is 12.1 Å². The predicted octanol–water partition coefficient (Wildman–Crippen LogP) is 2.98. The lowest BCUT2D eigenvalue weighted by Gasteiger charge is -2.26. The number of rotatable bonds is 4. The van der Waals surface area contributed by atoms with Crippen molar-refractivity contribution in [1.82, 2.24) is 14.8 Å². The molecule has 3 aromatic rings. The maximum atomic E-state index is 13.6. The first-order valence-corrected chi connectivity index (χ1v) is 8.38. The molecule has 2 heterocycles. The summed E-state index contributed by atoms with van der Waals surface area (Å²) in [5.41, 5.74) is 0. The van der Waals surface area contributed by atoms with E-state index in [9.17, 15) is 21.6 Å². The zero-order valence-corrected chi connectivity index (χ0v) is 13.3. The van der Waals surface area contributed by atoms with Crippen LogP contribution in [0.5, 0.6) is 0 Å². The van der Waals surface area contributed by atoms with E-state index in [1.165, 1.54) is 30.5 Å². The van der Waals surface area contributed by atoms with Crippen molar-refractivity contribution < 1.29 is 21.6 Å². The summed E-state index contributed by atoms with van der Waals surface area (Å²) in [5.74, 6) is -0.630. The quantitative estimate of drug-likeness (QED) is 0.664. The molecule has 0 saturated carbocycles. The highest BCUT2D eigenvalue weighted by molar-refractivity contribution is 7.92. The fourth-order valence-electron chi connectivity index (χ4n) is 2.19. The molecule has 130 valence electrons. The maximum Gasteiger partial charge on any atom is 0.500 e. The van der Waals surface area contributed by atoms with E-state index in [4.69, 9.17) is 0 Å². The lowest BCUT2D eigenvalue weighted by molar-refractivity contribution is -0.116. The Labute approximate surface area is 141 Å². The van der Waals surface area contributed by atoms with Crippen LogP contribution < -0.4 is 4.31 Å². The Kier molecular flexibility index (Phi) is 4.21. The van der Waals surface area contributed by atoms with Crippen molar-refractivity contribution in [2.45, 2.75) is 11.2 Å². The van der Waals surface area contributed by atoms with Crippen LogP contribution >= 0.6 is 0 Å². The van der Waals surface area contributed by atoms with Gasteiger partial charge in [0.25, 0.3) is 10.0 Å². The molecule has 25 heavy (non-hydrogen) atoms. The van der Waals surface area contributed by atoms with Crippen LogP contribution in [0.3, 0.4) is 0 Å². The Morgan fingerprint density at radius 1 is 0.920 bits per heavy atom. The smallest absolute Gasteiger partial charge is 0.237 e. The normalized spacial score (nSPS) is 12.1. The molecule has 0 unspecified atom stereocenters. The van der Waals surface area contributed by atoms with Crippen LogP contribution in [-0.2, 0) is 10.0 Å². The van der Waals surface area contributed by atoms with Crippen LogP contribution in [0, 0.1) is 0 Å². The summed E-state index contributed by atoms with van der Waals surface area (Å²) in [7, 11) is -4.89. The molecule has 0 N–H and O–H groups in total. The second kappa shape index (κ2) is 6.20. The van der Waals surface area contributed by atoms with Gasteiger partial charge >= 0.3 is 6.30 Å². The van der Waals surface area contributed by atoms with Gasteiger partial charge in [-0.1, -0.05) is 24.3 Å². The zero-order chi connectivity index (χ0) is 18.1. The molecule has 0 radical (unpaired) electrons. The van der Waals surface area contributed by atoms with Crippen LogP contribution in [0.4, 0.5) is 19.0 Å². The molecule has 0 aliphatic heterocycles. The lowest BCUT2D eigenvalue weighted by atomic mass is 10.4. The highest BCUT2D eigenvalue weighted by Crippen LogP contribution is 2.35. The Bertz CT molecular complexity index is 957. The maximum absolute atomic E-state index is 13.6. The second-order valence-corrected chi connectivity index (χ2v) is 6.63. The predicted molar refractivity (Wildman–Crippen MR) is 83.5 cm³/mol. The number of aromatic nitrogens is 3. The van der Waals surface area contributed by atoms with Gasteiger partial charge in [-0.3, -0.25) is 0 Å². The van der Waals surface area contributed by atoms with Crippen molar-refractivity contribution in [2.24, 2.45) is 0 Å². The van der Waals surface area contributed by atoms with Crippen molar-refractivity contribution >= 4 is 15.8 Å². The Balaban J connectivity index is 2.19. The van der Waals surface area contributed by atoms with Crippen LogP contribution in [-0.4, -0.2) is 29.5 Å². The van der Waals surface area contributed by atoms with E-state index in [1.807, 2.05) is 0 Å². The van der Waals surface area contributed by atoms with Crippen molar-refractivity contribution in [3.05, 3.63) is 67.0 Å². The third kappa shape index (κ3) is 3.20. The van der Waals surface area contributed by atoms with E-state index < -0.39 is 31.3 Å². The fraction of sp³-hybridized carbons (Fsp3) is 0.0667. The third-order valence-corrected chi connectivity index (χ3v) is 4.95. The van der Waals surface area contributed by atoms with Gasteiger partial charge in [0.05, 0.1) is 11.1 Å². The van der Waals surface area contributed by atoms with Gasteiger partial charge in [0.15, 0.2) is 11.6 Å². The number of halogens is 3. The van der Waals surface area contributed by atoms with Gasteiger partial charge in [0.1, 0.15) is 0 Å². The number of hydrogen-bond acceptors (Lipinski definition) is 4. The highest BCUT2D eigenvalue weighted by Gasteiger charge is 2.48. The minimum atomic E-state index is -5.19. The molecule has 0 spiro atoms. The van der Waals surface area contributed by atoms with Gasteiger partial charge in [0, 0.05) is 12.3 Å². The van der Waals surface area contributed by atoms with Gasteiger partial charge < -0.3 is 0 Å². The number of alkyl halides is 3. The van der Waals surface area contributed by atoms with E-state index in [-0.39, 0.29) is 5.82 Å². The number of sulfonamides is 1. The van der Waals surface area contributed by atoms with Gasteiger partial charge in [-0.25, -0.2) is 13.4 Å². The summed E-state index contributed by atoms with van der Waals surface area (Å²) in [4.78, 5) is 3.43. The topological polar surface area (TPSA) is 68.1 Å². The summed E-state index contributed by atoms with van der Waals surface area (Å²) < 4.78 is 66.3. The molecule has 0 saturated heterocycles. The molecular formula is C15H11F3N4O2S. The Hall–Kier alpha value is -2.88. The number of benzene rings is 1. The summed E-state index contributed by atoms with van der Waals surface area (Å²) in [6.45, 7) is 0. The molecule has 0 aliphatic rings. The Morgan fingerprint density at radius 2 is 1.60 bits per heavy atom. The third-order valence-electron chi connectivity index (χ3n) is 3.21. The van der Waals surface area contributed by atoms with Crippen molar-refractivity contribution in [1.29, 1.82) is 0 Å². The molecule has 3 rings (SSSR count). The number of hydrogen-bond donors (Lipinski definition) is 0. The first kappa shape index (κ1) is 17.0. The van der Waals surface area contributed by atoms with Crippen LogP contribution in [0.25, 0.3) is 5.82 Å². The standard InChI is InChI=1S/C15H11F3N4O2S/c16-15(17,18)22(25(23,24)12-6-2-1-3-7-12)14-9-11-20-21(14)13-8-4-5-10-19-13/h1-11H. The molecule has 1 aromatic carbocycles. The van der Waals surface area contributed by atoms with E-state index in [2.05, 4.69) is 10.1 Å².